The first-order chi connectivity index (χ1) is 7.29. The lowest BCUT2D eigenvalue weighted by molar-refractivity contribution is 0.393. The van der Waals surface area contributed by atoms with E-state index in [9.17, 15) is 0 Å². The number of nitriles is 1. The molecule has 0 atom stereocenters. The molecule has 2 aromatic rings. The van der Waals surface area contributed by atoms with Crippen LogP contribution in [0.5, 0.6) is 0 Å². The topological polar surface area (TPSA) is 49.8 Å². The highest BCUT2D eigenvalue weighted by molar-refractivity contribution is 5.59. The van der Waals surface area contributed by atoms with Gasteiger partial charge in [0.1, 0.15) is 5.69 Å². The first kappa shape index (κ1) is 9.47. The molecular weight excluding hydrogens is 188 g/mol. The van der Waals surface area contributed by atoms with Gasteiger partial charge < -0.3 is 4.52 Å². The Kier molecular flexibility index (Phi) is 2.51. The van der Waals surface area contributed by atoms with Gasteiger partial charge in [-0.1, -0.05) is 35.0 Å². The van der Waals surface area contributed by atoms with Crippen LogP contribution < -0.4 is 0 Å². The zero-order valence-corrected chi connectivity index (χ0v) is 8.40. The van der Waals surface area contributed by atoms with Crippen LogP contribution in [0.4, 0.5) is 0 Å². The van der Waals surface area contributed by atoms with Crippen LogP contribution in [0, 0.1) is 18.3 Å². The summed E-state index contributed by atoms with van der Waals surface area (Å²) in [7, 11) is 0. The van der Waals surface area contributed by atoms with Gasteiger partial charge in [-0.2, -0.15) is 5.26 Å². The summed E-state index contributed by atoms with van der Waals surface area (Å²) < 4.78 is 5.02. The molecule has 0 aliphatic carbocycles. The van der Waals surface area contributed by atoms with Gasteiger partial charge in [0.05, 0.1) is 12.5 Å². The number of aryl methyl sites for hydroxylation is 1. The molecule has 0 saturated heterocycles. The predicted molar refractivity (Wildman–Crippen MR) is 56.0 cm³/mol. The second-order valence-corrected chi connectivity index (χ2v) is 3.38. The second-order valence-electron chi connectivity index (χ2n) is 3.38. The Balaban J connectivity index is 2.30. The maximum absolute atomic E-state index is 8.50. The number of hydrogen-bond acceptors (Lipinski definition) is 3. The Labute approximate surface area is 87.9 Å². The van der Waals surface area contributed by atoms with E-state index in [-0.39, 0.29) is 6.42 Å². The van der Waals surface area contributed by atoms with E-state index in [1.807, 2.05) is 37.3 Å². The first-order valence-electron chi connectivity index (χ1n) is 4.69. The van der Waals surface area contributed by atoms with Crippen LogP contribution in [0.25, 0.3) is 11.3 Å². The van der Waals surface area contributed by atoms with Crippen molar-refractivity contribution in [1.82, 2.24) is 5.16 Å². The molecule has 15 heavy (non-hydrogen) atoms. The van der Waals surface area contributed by atoms with Crippen molar-refractivity contribution in [3.05, 3.63) is 41.7 Å². The molecule has 0 aliphatic heterocycles. The van der Waals surface area contributed by atoms with Crippen molar-refractivity contribution in [1.29, 1.82) is 5.26 Å². The van der Waals surface area contributed by atoms with Crippen molar-refractivity contribution in [3.63, 3.8) is 0 Å². The molecule has 1 aromatic carbocycles. The second kappa shape index (κ2) is 3.97. The number of hydrogen-bond donors (Lipinski definition) is 0. The van der Waals surface area contributed by atoms with Crippen molar-refractivity contribution in [2.24, 2.45) is 0 Å². The predicted octanol–water partition coefficient (Wildman–Crippen LogP) is 2.72. The summed E-state index contributed by atoms with van der Waals surface area (Å²) in [5.41, 5.74) is 2.99. The van der Waals surface area contributed by atoms with Gasteiger partial charge in [0.15, 0.2) is 5.76 Å². The molecule has 3 nitrogen and oxygen atoms in total. The zero-order valence-electron chi connectivity index (χ0n) is 8.40. The zero-order chi connectivity index (χ0) is 10.7. The van der Waals surface area contributed by atoms with Crippen LogP contribution in [0.3, 0.4) is 0 Å². The number of aromatic nitrogens is 1. The van der Waals surface area contributed by atoms with Gasteiger partial charge in [-0.3, -0.25) is 0 Å². The monoisotopic (exact) mass is 198 g/mol. The lowest BCUT2D eigenvalue weighted by Gasteiger charge is -1.95. The van der Waals surface area contributed by atoms with Crippen molar-refractivity contribution >= 4 is 0 Å². The van der Waals surface area contributed by atoms with E-state index in [1.165, 1.54) is 5.56 Å². The lowest BCUT2D eigenvalue weighted by atomic mass is 10.1. The maximum atomic E-state index is 8.50. The highest BCUT2D eigenvalue weighted by Crippen LogP contribution is 2.19. The molecule has 1 aromatic heterocycles. The quantitative estimate of drug-likeness (QED) is 0.745. The minimum atomic E-state index is 0.263. The molecule has 0 saturated carbocycles. The van der Waals surface area contributed by atoms with Gasteiger partial charge in [-0.25, -0.2) is 0 Å². The molecule has 0 aliphatic rings. The van der Waals surface area contributed by atoms with E-state index in [0.29, 0.717) is 5.76 Å². The Morgan fingerprint density at radius 3 is 2.73 bits per heavy atom. The van der Waals surface area contributed by atoms with Crippen molar-refractivity contribution in [2.75, 3.05) is 0 Å². The van der Waals surface area contributed by atoms with E-state index >= 15 is 0 Å². The van der Waals surface area contributed by atoms with Crippen LogP contribution in [-0.4, -0.2) is 5.16 Å². The average molecular weight is 198 g/mol. The van der Waals surface area contributed by atoms with Crippen molar-refractivity contribution in [3.8, 4) is 17.3 Å². The molecule has 2 rings (SSSR count). The van der Waals surface area contributed by atoms with Crippen LogP contribution in [0.2, 0.25) is 0 Å². The standard InChI is InChI=1S/C12H10N2O/c1-9-2-4-10(5-3-9)12-8-11(6-7-13)15-14-12/h2-5,8H,6H2,1H3. The largest absolute Gasteiger partial charge is 0.360 e. The SMILES string of the molecule is Cc1ccc(-c2cc(CC#N)on2)cc1. The van der Waals surface area contributed by atoms with Crippen molar-refractivity contribution in [2.45, 2.75) is 13.3 Å². The molecule has 0 amide bonds. The Bertz CT molecular complexity index is 491. The summed E-state index contributed by atoms with van der Waals surface area (Å²) in [6.07, 6.45) is 0.263. The minimum Gasteiger partial charge on any atom is -0.360 e. The fraction of sp³-hybridized carbons (Fsp3) is 0.167. The fourth-order valence-corrected chi connectivity index (χ4v) is 1.33. The lowest BCUT2D eigenvalue weighted by Crippen LogP contribution is -1.77. The van der Waals surface area contributed by atoms with E-state index in [4.69, 9.17) is 9.78 Å². The number of benzene rings is 1. The molecule has 1 heterocycles. The molecule has 0 radical (unpaired) electrons. The van der Waals surface area contributed by atoms with Gasteiger partial charge in [0.2, 0.25) is 0 Å². The van der Waals surface area contributed by atoms with Gasteiger partial charge in [0, 0.05) is 11.6 Å². The molecular formula is C12H10N2O. The molecule has 0 fully saturated rings. The molecule has 0 N–H and O–H groups in total. The average Bonchev–Trinajstić information content (AvgIpc) is 2.68. The fourth-order valence-electron chi connectivity index (χ4n) is 1.33. The Morgan fingerprint density at radius 2 is 2.07 bits per heavy atom. The van der Waals surface area contributed by atoms with Gasteiger partial charge in [0.25, 0.3) is 0 Å². The summed E-state index contributed by atoms with van der Waals surface area (Å²) in [5, 5.41) is 12.4. The molecule has 74 valence electrons. The number of nitrogens with zero attached hydrogens (tertiary/aromatic N) is 2. The van der Waals surface area contributed by atoms with Gasteiger partial charge >= 0.3 is 0 Å². The molecule has 0 unspecified atom stereocenters. The van der Waals surface area contributed by atoms with E-state index < -0.39 is 0 Å². The Hall–Kier alpha value is -2.08. The Morgan fingerprint density at radius 1 is 1.33 bits per heavy atom. The first-order valence-corrected chi connectivity index (χ1v) is 4.69. The summed E-state index contributed by atoms with van der Waals surface area (Å²) in [4.78, 5) is 0. The third-order valence-corrected chi connectivity index (χ3v) is 2.16. The molecule has 0 bridgehead atoms. The highest BCUT2D eigenvalue weighted by Gasteiger charge is 2.05. The van der Waals surface area contributed by atoms with Gasteiger partial charge in [-0.15, -0.1) is 0 Å². The highest BCUT2D eigenvalue weighted by atomic mass is 16.5. The minimum absolute atomic E-state index is 0.263. The van der Waals surface area contributed by atoms with E-state index in [0.717, 1.165) is 11.3 Å². The third kappa shape index (κ3) is 2.05. The normalized spacial score (nSPS) is 9.87. The van der Waals surface area contributed by atoms with E-state index in [1.54, 1.807) is 6.07 Å². The third-order valence-electron chi connectivity index (χ3n) is 2.16. The van der Waals surface area contributed by atoms with E-state index in [2.05, 4.69) is 5.16 Å². The van der Waals surface area contributed by atoms with Crippen LogP contribution in [0.1, 0.15) is 11.3 Å². The summed E-state index contributed by atoms with van der Waals surface area (Å²) in [5.74, 6) is 0.605. The summed E-state index contributed by atoms with van der Waals surface area (Å²) >= 11 is 0. The summed E-state index contributed by atoms with van der Waals surface area (Å²) in [6.45, 7) is 2.04. The number of rotatable bonds is 2. The van der Waals surface area contributed by atoms with Crippen LogP contribution in [0.15, 0.2) is 34.9 Å². The summed E-state index contributed by atoms with van der Waals surface area (Å²) in [6, 6.07) is 11.8. The maximum Gasteiger partial charge on any atom is 0.151 e. The molecule has 3 heteroatoms. The van der Waals surface area contributed by atoms with Crippen molar-refractivity contribution < 1.29 is 4.52 Å². The van der Waals surface area contributed by atoms with Crippen LogP contribution in [-0.2, 0) is 6.42 Å². The molecule has 0 spiro atoms. The smallest absolute Gasteiger partial charge is 0.151 e. The van der Waals surface area contributed by atoms with Crippen LogP contribution >= 0.6 is 0 Å². The van der Waals surface area contributed by atoms with Gasteiger partial charge in [-0.05, 0) is 6.92 Å².